The minimum Gasteiger partial charge on any atom is -0.480 e. The van der Waals surface area contributed by atoms with Crippen molar-refractivity contribution >= 4 is 18.4 Å². The van der Waals surface area contributed by atoms with Crippen LogP contribution < -0.4 is 0 Å². The molecule has 0 aliphatic rings. The van der Waals surface area contributed by atoms with Crippen molar-refractivity contribution in [3.8, 4) is 0 Å². The van der Waals surface area contributed by atoms with Crippen LogP contribution in [0.5, 0.6) is 0 Å². The molecule has 5 heteroatoms. The monoisotopic (exact) mass is 204 g/mol. The Morgan fingerprint density at radius 2 is 2.15 bits per heavy atom. The second-order valence-corrected chi connectivity index (χ2v) is 3.04. The molecule has 74 valence electrons. The zero-order valence-corrected chi connectivity index (χ0v) is 8.36. The van der Waals surface area contributed by atoms with Crippen LogP contribution in [0.3, 0.4) is 0 Å². The maximum absolute atomic E-state index is 10.8. The van der Waals surface area contributed by atoms with Crippen molar-refractivity contribution in [3.63, 3.8) is 0 Å². The van der Waals surface area contributed by atoms with Gasteiger partial charge in [-0.2, -0.15) is 0 Å². The van der Waals surface area contributed by atoms with Crippen molar-refractivity contribution in [3.05, 3.63) is 18.7 Å². The Balaban J connectivity index is 0.00000144. The lowest BCUT2D eigenvalue weighted by molar-refractivity contribution is -0.142. The van der Waals surface area contributed by atoms with Crippen LogP contribution in [-0.2, 0) is 4.79 Å². The summed E-state index contributed by atoms with van der Waals surface area (Å²) in [5, 5.41) is 8.87. The van der Waals surface area contributed by atoms with Gasteiger partial charge in [0.25, 0.3) is 0 Å². The summed E-state index contributed by atoms with van der Waals surface area (Å²) in [6.45, 7) is 3.75. The molecule has 0 saturated heterocycles. The Hall–Kier alpha value is -1.03. The summed E-state index contributed by atoms with van der Waals surface area (Å²) in [5.41, 5.74) is 0. The summed E-state index contributed by atoms with van der Waals surface area (Å²) in [7, 11) is 0. The first kappa shape index (κ1) is 12.0. The first-order valence-corrected chi connectivity index (χ1v) is 3.83. The van der Waals surface area contributed by atoms with E-state index in [1.807, 2.05) is 13.8 Å². The summed E-state index contributed by atoms with van der Waals surface area (Å²) in [5.74, 6) is -0.750. The van der Waals surface area contributed by atoms with E-state index in [-0.39, 0.29) is 18.3 Å². The van der Waals surface area contributed by atoms with E-state index >= 15 is 0 Å². The van der Waals surface area contributed by atoms with E-state index < -0.39 is 12.0 Å². The Labute approximate surface area is 83.0 Å². The molecule has 1 N–H and O–H groups in total. The van der Waals surface area contributed by atoms with E-state index in [2.05, 4.69) is 4.98 Å². The van der Waals surface area contributed by atoms with Gasteiger partial charge in [-0.05, 0) is 5.92 Å². The molecule has 0 bridgehead atoms. The fourth-order valence-electron chi connectivity index (χ4n) is 1.19. The SMILES string of the molecule is CC(C)C(C(=O)O)n1ccnc1.Cl. The molecule has 0 aromatic carbocycles. The number of carboxylic acid groups (broad SMARTS) is 1. The molecule has 0 radical (unpaired) electrons. The fourth-order valence-corrected chi connectivity index (χ4v) is 1.19. The number of hydrogen-bond donors (Lipinski definition) is 1. The van der Waals surface area contributed by atoms with Crippen molar-refractivity contribution in [2.45, 2.75) is 19.9 Å². The molecule has 0 aliphatic carbocycles. The van der Waals surface area contributed by atoms with Crippen molar-refractivity contribution in [1.82, 2.24) is 9.55 Å². The highest BCUT2D eigenvalue weighted by Gasteiger charge is 2.22. The van der Waals surface area contributed by atoms with Gasteiger partial charge in [-0.15, -0.1) is 12.4 Å². The van der Waals surface area contributed by atoms with Crippen molar-refractivity contribution in [2.24, 2.45) is 5.92 Å². The summed E-state index contributed by atoms with van der Waals surface area (Å²) >= 11 is 0. The topological polar surface area (TPSA) is 55.1 Å². The van der Waals surface area contributed by atoms with Crippen LogP contribution in [0.15, 0.2) is 18.7 Å². The van der Waals surface area contributed by atoms with Crippen LogP contribution in [0.4, 0.5) is 0 Å². The Bertz CT molecular complexity index is 259. The van der Waals surface area contributed by atoms with Gasteiger partial charge in [-0.3, -0.25) is 0 Å². The average molecular weight is 205 g/mol. The summed E-state index contributed by atoms with van der Waals surface area (Å²) in [4.78, 5) is 14.6. The van der Waals surface area contributed by atoms with E-state index in [1.165, 1.54) is 6.33 Å². The van der Waals surface area contributed by atoms with Gasteiger partial charge in [0.1, 0.15) is 6.04 Å². The smallest absolute Gasteiger partial charge is 0.326 e. The van der Waals surface area contributed by atoms with Crippen LogP contribution in [0.2, 0.25) is 0 Å². The number of hydrogen-bond acceptors (Lipinski definition) is 2. The fraction of sp³-hybridized carbons (Fsp3) is 0.500. The number of carboxylic acids is 1. The Morgan fingerprint density at radius 3 is 2.46 bits per heavy atom. The first-order valence-electron chi connectivity index (χ1n) is 3.83. The Kier molecular flexibility index (Phi) is 4.48. The lowest BCUT2D eigenvalue weighted by atomic mass is 10.1. The number of aromatic nitrogens is 2. The first-order chi connectivity index (χ1) is 5.63. The molecule has 1 atom stereocenters. The quantitative estimate of drug-likeness (QED) is 0.814. The van der Waals surface area contributed by atoms with Gasteiger partial charge >= 0.3 is 5.97 Å². The number of imidazole rings is 1. The maximum Gasteiger partial charge on any atom is 0.326 e. The summed E-state index contributed by atoms with van der Waals surface area (Å²) < 4.78 is 1.60. The third kappa shape index (κ3) is 2.73. The van der Waals surface area contributed by atoms with Crippen molar-refractivity contribution in [1.29, 1.82) is 0 Å². The third-order valence-electron chi connectivity index (χ3n) is 1.73. The maximum atomic E-state index is 10.8. The number of nitrogens with zero attached hydrogens (tertiary/aromatic N) is 2. The minimum atomic E-state index is -0.817. The normalized spacial score (nSPS) is 12.2. The van der Waals surface area contributed by atoms with Crippen molar-refractivity contribution < 1.29 is 9.90 Å². The average Bonchev–Trinajstić information content (AvgIpc) is 2.37. The van der Waals surface area contributed by atoms with Crippen LogP contribution in [0.1, 0.15) is 19.9 Å². The highest BCUT2D eigenvalue weighted by atomic mass is 35.5. The van der Waals surface area contributed by atoms with E-state index in [1.54, 1.807) is 17.0 Å². The molecule has 0 spiro atoms. The van der Waals surface area contributed by atoms with E-state index in [0.717, 1.165) is 0 Å². The molecular weight excluding hydrogens is 192 g/mol. The predicted molar refractivity (Wildman–Crippen MR) is 51.0 cm³/mol. The van der Waals surface area contributed by atoms with Gasteiger partial charge in [0.05, 0.1) is 6.33 Å². The second-order valence-electron chi connectivity index (χ2n) is 3.04. The van der Waals surface area contributed by atoms with Crippen molar-refractivity contribution in [2.75, 3.05) is 0 Å². The summed E-state index contributed by atoms with van der Waals surface area (Å²) in [6.07, 6.45) is 4.77. The van der Waals surface area contributed by atoms with E-state index in [0.29, 0.717) is 0 Å². The zero-order valence-electron chi connectivity index (χ0n) is 7.54. The molecule has 0 amide bonds. The molecule has 1 aromatic rings. The minimum absolute atomic E-state index is 0. The zero-order chi connectivity index (χ0) is 9.14. The Morgan fingerprint density at radius 1 is 1.54 bits per heavy atom. The number of aliphatic carboxylic acids is 1. The van der Waals surface area contributed by atoms with Gasteiger partial charge in [-0.25, -0.2) is 9.78 Å². The second kappa shape index (κ2) is 4.87. The number of halogens is 1. The van der Waals surface area contributed by atoms with Gasteiger partial charge in [0.2, 0.25) is 0 Å². The van der Waals surface area contributed by atoms with Gasteiger partial charge in [0, 0.05) is 12.4 Å². The third-order valence-corrected chi connectivity index (χ3v) is 1.73. The molecule has 1 heterocycles. The van der Waals surface area contributed by atoms with Gasteiger partial charge in [-0.1, -0.05) is 13.8 Å². The molecule has 4 nitrogen and oxygen atoms in total. The van der Waals surface area contributed by atoms with Crippen LogP contribution in [0.25, 0.3) is 0 Å². The molecular formula is C8H13ClN2O2. The lowest BCUT2D eigenvalue weighted by Gasteiger charge is -2.16. The van der Waals surface area contributed by atoms with E-state index in [4.69, 9.17) is 5.11 Å². The number of rotatable bonds is 3. The lowest BCUT2D eigenvalue weighted by Crippen LogP contribution is -2.22. The molecule has 13 heavy (non-hydrogen) atoms. The molecule has 1 unspecified atom stereocenters. The largest absolute Gasteiger partial charge is 0.480 e. The predicted octanol–water partition coefficient (Wildman–Crippen LogP) is 1.59. The van der Waals surface area contributed by atoms with Gasteiger partial charge in [0.15, 0.2) is 0 Å². The molecule has 0 fully saturated rings. The molecule has 0 aliphatic heterocycles. The van der Waals surface area contributed by atoms with E-state index in [9.17, 15) is 4.79 Å². The van der Waals surface area contributed by atoms with Crippen LogP contribution in [-0.4, -0.2) is 20.6 Å². The molecule has 1 aromatic heterocycles. The molecule has 1 rings (SSSR count). The highest BCUT2D eigenvalue weighted by molar-refractivity contribution is 5.85. The highest BCUT2D eigenvalue weighted by Crippen LogP contribution is 2.16. The molecule has 0 saturated carbocycles. The van der Waals surface area contributed by atoms with Gasteiger partial charge < -0.3 is 9.67 Å². The van der Waals surface area contributed by atoms with Crippen LogP contribution in [0, 0.1) is 5.92 Å². The standard InChI is InChI=1S/C8H12N2O2.ClH/c1-6(2)7(8(11)12)10-4-3-9-5-10;/h3-7H,1-2H3,(H,11,12);1H. The number of carbonyl (C=O) groups is 1. The van der Waals surface area contributed by atoms with Crippen LogP contribution >= 0.6 is 12.4 Å². The summed E-state index contributed by atoms with van der Waals surface area (Å²) in [6, 6.07) is -0.507.